The van der Waals surface area contributed by atoms with E-state index in [-0.39, 0.29) is 0 Å². The molecule has 0 aliphatic rings. The van der Waals surface area contributed by atoms with Crippen LogP contribution in [0.2, 0.25) is 5.02 Å². The van der Waals surface area contributed by atoms with E-state index in [1.54, 1.807) is 6.34 Å². The zero-order valence-electron chi connectivity index (χ0n) is 9.42. The highest BCUT2D eigenvalue weighted by Crippen LogP contribution is 2.18. The summed E-state index contributed by atoms with van der Waals surface area (Å²) in [4.78, 5) is 4.26. The molecule has 0 atom stereocenters. The third kappa shape index (κ3) is 4.34. The summed E-state index contributed by atoms with van der Waals surface area (Å²) in [5, 5.41) is 3.91. The van der Waals surface area contributed by atoms with Crippen LogP contribution in [0, 0.1) is 12.8 Å². The molecule has 0 saturated heterocycles. The van der Waals surface area contributed by atoms with Gasteiger partial charge in [-0.1, -0.05) is 25.4 Å². The Balaban J connectivity index is 2.54. The molecule has 1 aromatic rings. The van der Waals surface area contributed by atoms with Crippen LogP contribution in [0.5, 0.6) is 0 Å². The largest absolute Gasteiger partial charge is 0.347 e. The number of nitrogens with one attached hydrogen (secondary N) is 1. The van der Waals surface area contributed by atoms with Gasteiger partial charge in [0, 0.05) is 17.3 Å². The maximum atomic E-state index is 5.86. The van der Waals surface area contributed by atoms with Crippen LogP contribution < -0.4 is 5.32 Å². The predicted molar refractivity (Wildman–Crippen MR) is 68.0 cm³/mol. The number of hydrogen-bond donors (Lipinski definition) is 1. The van der Waals surface area contributed by atoms with Crippen molar-refractivity contribution >= 4 is 23.6 Å². The van der Waals surface area contributed by atoms with Gasteiger partial charge >= 0.3 is 0 Å². The second-order valence-electron chi connectivity index (χ2n) is 3.99. The Morgan fingerprint density at radius 3 is 2.80 bits per heavy atom. The normalized spacial score (nSPS) is 11.3. The Morgan fingerprint density at radius 2 is 2.20 bits per heavy atom. The minimum absolute atomic E-state index is 0.592. The number of rotatable bonds is 4. The van der Waals surface area contributed by atoms with E-state index >= 15 is 0 Å². The Hall–Kier alpha value is -1.02. The highest BCUT2D eigenvalue weighted by atomic mass is 35.5. The van der Waals surface area contributed by atoms with Gasteiger partial charge in [-0.2, -0.15) is 0 Å². The monoisotopic (exact) mass is 224 g/mol. The molecule has 0 heterocycles. The molecule has 0 aromatic heterocycles. The van der Waals surface area contributed by atoms with Crippen LogP contribution >= 0.6 is 11.6 Å². The van der Waals surface area contributed by atoms with Gasteiger partial charge in [0.25, 0.3) is 0 Å². The molecule has 0 aliphatic heterocycles. The lowest BCUT2D eigenvalue weighted by atomic mass is 10.2. The van der Waals surface area contributed by atoms with Crippen molar-refractivity contribution in [2.24, 2.45) is 10.9 Å². The van der Waals surface area contributed by atoms with E-state index in [0.717, 1.165) is 22.8 Å². The number of aryl methyl sites for hydroxylation is 1. The summed E-state index contributed by atoms with van der Waals surface area (Å²) >= 11 is 5.86. The molecular formula is C12H17ClN2. The van der Waals surface area contributed by atoms with Gasteiger partial charge < -0.3 is 5.32 Å². The van der Waals surface area contributed by atoms with Crippen LogP contribution in [-0.4, -0.2) is 12.9 Å². The van der Waals surface area contributed by atoms with Crippen LogP contribution in [0.25, 0.3) is 0 Å². The van der Waals surface area contributed by atoms with Gasteiger partial charge in [-0.05, 0) is 36.6 Å². The summed E-state index contributed by atoms with van der Waals surface area (Å²) in [5.74, 6) is 0.592. The van der Waals surface area contributed by atoms with Crippen LogP contribution in [0.3, 0.4) is 0 Å². The predicted octanol–water partition coefficient (Wildman–Crippen LogP) is 3.74. The van der Waals surface area contributed by atoms with Crippen molar-refractivity contribution in [3.8, 4) is 0 Å². The minimum Gasteiger partial charge on any atom is -0.347 e. The molecule has 0 fully saturated rings. The molecule has 0 spiro atoms. The van der Waals surface area contributed by atoms with Crippen LogP contribution in [0.4, 0.5) is 5.69 Å². The Labute approximate surface area is 96.4 Å². The molecule has 0 bridgehead atoms. The maximum Gasteiger partial charge on any atom is 0.0868 e. The topological polar surface area (TPSA) is 24.4 Å². The summed E-state index contributed by atoms with van der Waals surface area (Å²) in [6.45, 7) is 7.15. The molecular weight excluding hydrogens is 208 g/mol. The fourth-order valence-electron chi connectivity index (χ4n) is 1.17. The maximum absolute atomic E-state index is 5.86. The molecule has 82 valence electrons. The third-order valence-electron chi connectivity index (χ3n) is 1.97. The van der Waals surface area contributed by atoms with Gasteiger partial charge in [0.2, 0.25) is 0 Å². The van der Waals surface area contributed by atoms with Crippen molar-refractivity contribution in [2.75, 3.05) is 11.9 Å². The molecule has 0 amide bonds. The van der Waals surface area contributed by atoms with Crippen molar-refractivity contribution in [1.29, 1.82) is 0 Å². The zero-order chi connectivity index (χ0) is 11.3. The highest BCUT2D eigenvalue weighted by molar-refractivity contribution is 6.30. The second kappa shape index (κ2) is 5.76. The first-order chi connectivity index (χ1) is 7.09. The number of halogens is 1. The van der Waals surface area contributed by atoms with Gasteiger partial charge in [0.15, 0.2) is 0 Å². The van der Waals surface area contributed by atoms with E-state index in [1.807, 2.05) is 25.1 Å². The number of anilines is 1. The molecule has 3 heteroatoms. The lowest BCUT2D eigenvalue weighted by molar-refractivity contribution is 0.667. The molecule has 1 N–H and O–H groups in total. The van der Waals surface area contributed by atoms with E-state index in [2.05, 4.69) is 24.2 Å². The summed E-state index contributed by atoms with van der Waals surface area (Å²) < 4.78 is 0. The van der Waals surface area contributed by atoms with Gasteiger partial charge in [0.05, 0.1) is 6.34 Å². The highest BCUT2D eigenvalue weighted by Gasteiger charge is 1.96. The van der Waals surface area contributed by atoms with E-state index in [4.69, 9.17) is 11.6 Å². The molecule has 0 aliphatic carbocycles. The second-order valence-corrected chi connectivity index (χ2v) is 4.43. The molecule has 2 nitrogen and oxygen atoms in total. The number of nitrogens with zero attached hydrogens (tertiary/aromatic N) is 1. The number of benzene rings is 1. The van der Waals surface area contributed by atoms with E-state index in [1.165, 1.54) is 0 Å². The smallest absolute Gasteiger partial charge is 0.0868 e. The first kappa shape index (κ1) is 12.1. The van der Waals surface area contributed by atoms with E-state index in [0.29, 0.717) is 5.92 Å². The fourth-order valence-corrected chi connectivity index (χ4v) is 1.39. The molecule has 1 aromatic carbocycles. The quantitative estimate of drug-likeness (QED) is 0.612. The van der Waals surface area contributed by atoms with Crippen molar-refractivity contribution in [3.05, 3.63) is 28.8 Å². The summed E-state index contributed by atoms with van der Waals surface area (Å²) in [6.07, 6.45) is 1.75. The van der Waals surface area contributed by atoms with Crippen molar-refractivity contribution in [3.63, 3.8) is 0 Å². The van der Waals surface area contributed by atoms with Gasteiger partial charge in [0.1, 0.15) is 0 Å². The summed E-state index contributed by atoms with van der Waals surface area (Å²) in [6, 6.07) is 5.76. The van der Waals surface area contributed by atoms with Crippen molar-refractivity contribution in [2.45, 2.75) is 20.8 Å². The fraction of sp³-hybridized carbons (Fsp3) is 0.417. The van der Waals surface area contributed by atoms with Crippen LogP contribution in [-0.2, 0) is 0 Å². The molecule has 0 saturated carbocycles. The summed E-state index contributed by atoms with van der Waals surface area (Å²) in [7, 11) is 0. The average Bonchev–Trinajstić information content (AvgIpc) is 2.14. The van der Waals surface area contributed by atoms with E-state index < -0.39 is 0 Å². The van der Waals surface area contributed by atoms with Crippen molar-refractivity contribution < 1.29 is 0 Å². The number of hydrogen-bond acceptors (Lipinski definition) is 1. The lowest BCUT2D eigenvalue weighted by Crippen LogP contribution is -2.00. The Morgan fingerprint density at radius 1 is 1.47 bits per heavy atom. The van der Waals surface area contributed by atoms with Crippen molar-refractivity contribution in [1.82, 2.24) is 0 Å². The van der Waals surface area contributed by atoms with E-state index in [9.17, 15) is 0 Å². The molecule has 1 rings (SSSR count). The number of aliphatic imine (C=N–C) groups is 1. The van der Waals surface area contributed by atoms with Gasteiger partial charge in [-0.25, -0.2) is 0 Å². The SMILES string of the molecule is Cc1cc(Cl)ccc1NC=NCC(C)C. The Kier molecular flexibility index (Phi) is 4.63. The lowest BCUT2D eigenvalue weighted by Gasteiger charge is -2.05. The van der Waals surface area contributed by atoms with Crippen LogP contribution in [0.1, 0.15) is 19.4 Å². The first-order valence-corrected chi connectivity index (χ1v) is 5.48. The summed E-state index contributed by atoms with van der Waals surface area (Å²) in [5.41, 5.74) is 2.17. The molecule has 0 radical (unpaired) electrons. The minimum atomic E-state index is 0.592. The molecule has 0 unspecified atom stereocenters. The average molecular weight is 225 g/mol. The Bertz CT molecular complexity index is 345. The van der Waals surface area contributed by atoms with Gasteiger partial charge in [-0.15, -0.1) is 0 Å². The molecule has 15 heavy (non-hydrogen) atoms. The van der Waals surface area contributed by atoms with Crippen LogP contribution in [0.15, 0.2) is 23.2 Å². The standard InChI is InChI=1S/C12H17ClN2/c1-9(2)7-14-8-15-12-5-4-11(13)6-10(12)3/h4-6,8-9H,7H2,1-3H3,(H,14,15). The van der Waals surface area contributed by atoms with Gasteiger partial charge in [-0.3, -0.25) is 4.99 Å². The third-order valence-corrected chi connectivity index (χ3v) is 2.21. The zero-order valence-corrected chi connectivity index (χ0v) is 10.2. The first-order valence-electron chi connectivity index (χ1n) is 5.10.